The Morgan fingerprint density at radius 3 is 2.72 bits per heavy atom. The molecule has 0 saturated heterocycles. The van der Waals surface area contributed by atoms with E-state index in [4.69, 9.17) is 5.11 Å². The number of aromatic hydroxyl groups is 1. The second kappa shape index (κ2) is 7.12. The average molecular weight is 316 g/mol. The van der Waals surface area contributed by atoms with Gasteiger partial charge in [-0.05, 0) is 36.5 Å². The predicted molar refractivity (Wildman–Crippen MR) is 77.6 cm³/mol. The van der Waals surface area contributed by atoms with Crippen LogP contribution in [0.2, 0.25) is 0 Å². The van der Waals surface area contributed by atoms with Crippen LogP contribution < -0.4 is 5.32 Å². The topological polar surface area (TPSA) is 52.5 Å². The highest BCUT2D eigenvalue weighted by Crippen LogP contribution is 2.23. The van der Waals surface area contributed by atoms with Crippen LogP contribution in [0.1, 0.15) is 32.3 Å². The molecular formula is C14H22BrNO2. The van der Waals surface area contributed by atoms with E-state index in [-0.39, 0.29) is 12.0 Å². The van der Waals surface area contributed by atoms with Crippen LogP contribution in [0.5, 0.6) is 5.75 Å². The number of aliphatic hydroxyl groups is 1. The van der Waals surface area contributed by atoms with E-state index in [1.807, 2.05) is 12.1 Å². The number of nitrogens with one attached hydrogen (secondary N) is 1. The Labute approximate surface area is 117 Å². The standard InChI is InChI=1S/C14H22BrNO2/c1-14(2,6-3-7-17)10-16-9-11-8-12(15)4-5-13(11)18/h4-5,8,16-18H,3,6-7,9-10H2,1-2H3. The van der Waals surface area contributed by atoms with Gasteiger partial charge in [-0.15, -0.1) is 0 Å². The minimum atomic E-state index is 0.157. The maximum atomic E-state index is 9.71. The van der Waals surface area contributed by atoms with Crippen molar-refractivity contribution in [2.45, 2.75) is 33.2 Å². The Morgan fingerprint density at radius 2 is 2.06 bits per heavy atom. The summed E-state index contributed by atoms with van der Waals surface area (Å²) in [5.74, 6) is 0.318. The van der Waals surface area contributed by atoms with Crippen molar-refractivity contribution >= 4 is 15.9 Å². The molecule has 3 N–H and O–H groups in total. The lowest BCUT2D eigenvalue weighted by molar-refractivity contribution is 0.236. The minimum Gasteiger partial charge on any atom is -0.508 e. The molecule has 1 aromatic carbocycles. The zero-order chi connectivity index (χ0) is 13.6. The highest BCUT2D eigenvalue weighted by Gasteiger charge is 2.16. The molecular weight excluding hydrogens is 294 g/mol. The zero-order valence-electron chi connectivity index (χ0n) is 11.0. The van der Waals surface area contributed by atoms with E-state index in [1.54, 1.807) is 6.07 Å². The molecule has 0 bridgehead atoms. The lowest BCUT2D eigenvalue weighted by Crippen LogP contribution is -2.29. The fourth-order valence-electron chi connectivity index (χ4n) is 1.88. The minimum absolute atomic E-state index is 0.157. The Balaban J connectivity index is 2.43. The van der Waals surface area contributed by atoms with Crippen LogP contribution in [0.3, 0.4) is 0 Å². The zero-order valence-corrected chi connectivity index (χ0v) is 12.6. The van der Waals surface area contributed by atoms with Gasteiger partial charge in [0.2, 0.25) is 0 Å². The van der Waals surface area contributed by atoms with Crippen molar-refractivity contribution in [2.24, 2.45) is 5.41 Å². The first-order chi connectivity index (χ1) is 8.44. The molecule has 1 rings (SSSR count). The van der Waals surface area contributed by atoms with Gasteiger partial charge in [0.1, 0.15) is 5.75 Å². The number of phenolic OH excluding ortho intramolecular Hbond substituents is 1. The lowest BCUT2D eigenvalue weighted by Gasteiger charge is -2.24. The SMILES string of the molecule is CC(C)(CCCO)CNCc1cc(Br)ccc1O. The van der Waals surface area contributed by atoms with E-state index in [0.717, 1.165) is 29.4 Å². The Bertz CT molecular complexity index is 380. The first-order valence-electron chi connectivity index (χ1n) is 6.23. The van der Waals surface area contributed by atoms with Crippen LogP contribution in [0.4, 0.5) is 0 Å². The summed E-state index contributed by atoms with van der Waals surface area (Å²) in [6.07, 6.45) is 1.82. The molecule has 102 valence electrons. The van der Waals surface area contributed by atoms with Crippen molar-refractivity contribution in [3.05, 3.63) is 28.2 Å². The van der Waals surface area contributed by atoms with Gasteiger partial charge >= 0.3 is 0 Å². The Kier molecular flexibility index (Phi) is 6.12. The molecule has 0 aromatic heterocycles. The summed E-state index contributed by atoms with van der Waals surface area (Å²) in [7, 11) is 0. The largest absolute Gasteiger partial charge is 0.508 e. The Morgan fingerprint density at radius 1 is 1.33 bits per heavy atom. The normalized spacial score (nSPS) is 11.8. The van der Waals surface area contributed by atoms with Gasteiger partial charge < -0.3 is 15.5 Å². The van der Waals surface area contributed by atoms with Crippen LogP contribution >= 0.6 is 15.9 Å². The molecule has 0 fully saturated rings. The molecule has 0 atom stereocenters. The molecule has 0 aliphatic rings. The predicted octanol–water partition coefficient (Wildman–Crippen LogP) is 3.04. The smallest absolute Gasteiger partial charge is 0.120 e. The second-order valence-corrected chi connectivity index (χ2v) is 6.28. The van der Waals surface area contributed by atoms with E-state index < -0.39 is 0 Å². The third-order valence-electron chi connectivity index (χ3n) is 2.97. The maximum absolute atomic E-state index is 9.71. The lowest BCUT2D eigenvalue weighted by atomic mass is 9.88. The van der Waals surface area contributed by atoms with E-state index in [9.17, 15) is 5.11 Å². The highest BCUT2D eigenvalue weighted by atomic mass is 79.9. The van der Waals surface area contributed by atoms with Gasteiger partial charge in [-0.2, -0.15) is 0 Å². The summed E-state index contributed by atoms with van der Waals surface area (Å²) in [5.41, 5.74) is 1.05. The van der Waals surface area contributed by atoms with Crippen LogP contribution in [0.25, 0.3) is 0 Å². The molecule has 0 unspecified atom stereocenters. The van der Waals surface area contributed by atoms with Gasteiger partial charge in [0.15, 0.2) is 0 Å². The molecule has 0 radical (unpaired) electrons. The summed E-state index contributed by atoms with van der Waals surface area (Å²) in [4.78, 5) is 0. The first kappa shape index (κ1) is 15.5. The van der Waals surface area contributed by atoms with E-state index in [0.29, 0.717) is 12.3 Å². The molecule has 0 aliphatic carbocycles. The van der Waals surface area contributed by atoms with Crippen molar-refractivity contribution in [1.29, 1.82) is 0 Å². The third kappa shape index (κ3) is 5.38. The van der Waals surface area contributed by atoms with E-state index >= 15 is 0 Å². The Hall–Kier alpha value is -0.580. The summed E-state index contributed by atoms with van der Waals surface area (Å²) in [5, 5.41) is 21.9. The number of phenols is 1. The second-order valence-electron chi connectivity index (χ2n) is 5.37. The van der Waals surface area contributed by atoms with Gasteiger partial charge in [0.25, 0.3) is 0 Å². The maximum Gasteiger partial charge on any atom is 0.120 e. The molecule has 18 heavy (non-hydrogen) atoms. The van der Waals surface area contributed by atoms with Gasteiger partial charge in [-0.1, -0.05) is 29.8 Å². The molecule has 0 saturated carbocycles. The van der Waals surface area contributed by atoms with Crippen LogP contribution in [0.15, 0.2) is 22.7 Å². The molecule has 3 nitrogen and oxygen atoms in total. The quantitative estimate of drug-likeness (QED) is 0.725. The van der Waals surface area contributed by atoms with E-state index in [1.165, 1.54) is 0 Å². The van der Waals surface area contributed by atoms with Crippen molar-refractivity contribution in [3.8, 4) is 5.75 Å². The van der Waals surface area contributed by atoms with Crippen LogP contribution in [-0.4, -0.2) is 23.4 Å². The fraction of sp³-hybridized carbons (Fsp3) is 0.571. The van der Waals surface area contributed by atoms with Gasteiger partial charge in [0, 0.05) is 29.7 Å². The molecule has 0 amide bonds. The van der Waals surface area contributed by atoms with Crippen LogP contribution in [-0.2, 0) is 6.54 Å². The number of aliphatic hydroxyl groups excluding tert-OH is 1. The summed E-state index contributed by atoms with van der Waals surface area (Å²) >= 11 is 3.40. The third-order valence-corrected chi connectivity index (χ3v) is 3.47. The highest BCUT2D eigenvalue weighted by molar-refractivity contribution is 9.10. The first-order valence-corrected chi connectivity index (χ1v) is 7.03. The van der Waals surface area contributed by atoms with Crippen LogP contribution in [0, 0.1) is 5.41 Å². The van der Waals surface area contributed by atoms with Crippen molar-refractivity contribution in [3.63, 3.8) is 0 Å². The number of hydrogen-bond acceptors (Lipinski definition) is 3. The van der Waals surface area contributed by atoms with E-state index in [2.05, 4.69) is 35.1 Å². The summed E-state index contributed by atoms with van der Waals surface area (Å²) in [6.45, 7) is 6.11. The van der Waals surface area contributed by atoms with Gasteiger partial charge in [-0.3, -0.25) is 0 Å². The van der Waals surface area contributed by atoms with Gasteiger partial charge in [0.05, 0.1) is 0 Å². The summed E-state index contributed by atoms with van der Waals surface area (Å²) < 4.78 is 0.969. The number of rotatable bonds is 7. The fourth-order valence-corrected chi connectivity index (χ4v) is 2.29. The molecule has 4 heteroatoms. The number of halogens is 1. The monoisotopic (exact) mass is 315 g/mol. The van der Waals surface area contributed by atoms with Crippen molar-refractivity contribution in [1.82, 2.24) is 5.32 Å². The number of hydrogen-bond donors (Lipinski definition) is 3. The summed E-state index contributed by atoms with van der Waals surface area (Å²) in [6, 6.07) is 5.44. The number of benzene rings is 1. The van der Waals surface area contributed by atoms with Crippen molar-refractivity contribution in [2.75, 3.05) is 13.2 Å². The van der Waals surface area contributed by atoms with Gasteiger partial charge in [-0.25, -0.2) is 0 Å². The molecule has 0 heterocycles. The van der Waals surface area contributed by atoms with Crippen molar-refractivity contribution < 1.29 is 10.2 Å². The molecule has 0 aliphatic heterocycles. The molecule has 0 spiro atoms. The average Bonchev–Trinajstić information content (AvgIpc) is 2.31. The molecule has 1 aromatic rings.